The second-order valence-corrected chi connectivity index (χ2v) is 3.76. The number of carbonyl (C=O) groups is 1. The average molecular weight is 248 g/mol. The summed E-state index contributed by atoms with van der Waals surface area (Å²) in [6.07, 6.45) is 2.46. The van der Waals surface area contributed by atoms with Gasteiger partial charge in [0.25, 0.3) is 0 Å². The zero-order chi connectivity index (χ0) is 13.4. The third kappa shape index (κ3) is 5.81. The van der Waals surface area contributed by atoms with Crippen molar-refractivity contribution < 1.29 is 20.3 Å². The molecule has 1 aromatic carbocycles. The lowest BCUT2D eigenvalue weighted by molar-refractivity contribution is -0.528. The molecule has 0 unspecified atom stereocenters. The monoisotopic (exact) mass is 248 g/mol. The molecular formula is C13H16N2O3. The lowest BCUT2D eigenvalue weighted by Gasteiger charge is -2.02. The Kier molecular flexibility index (Phi) is 5.60. The molecule has 0 aromatic heterocycles. The van der Waals surface area contributed by atoms with E-state index in [1.54, 1.807) is 12.1 Å². The largest absolute Gasteiger partial charge is 0.872 e. The summed E-state index contributed by atoms with van der Waals surface area (Å²) in [4.78, 5) is 14.2. The summed E-state index contributed by atoms with van der Waals surface area (Å²) in [5, 5.41) is 21.1. The van der Waals surface area contributed by atoms with Crippen LogP contribution in [0.4, 0.5) is 0 Å². The van der Waals surface area contributed by atoms with Crippen LogP contribution in [0.25, 0.3) is 6.08 Å². The highest BCUT2D eigenvalue weighted by atomic mass is 16.4. The number of quaternary nitrogens is 1. The molecule has 1 aromatic rings. The van der Waals surface area contributed by atoms with Crippen LogP contribution < -0.4 is 10.4 Å². The molecule has 0 radical (unpaired) electrons. The molecule has 2 rings (SSSR count). The van der Waals surface area contributed by atoms with Crippen molar-refractivity contribution in [2.45, 2.75) is 6.92 Å². The van der Waals surface area contributed by atoms with Gasteiger partial charge in [0.2, 0.25) is 0 Å². The van der Waals surface area contributed by atoms with Crippen molar-refractivity contribution >= 4 is 17.9 Å². The lowest BCUT2D eigenvalue weighted by Crippen LogP contribution is -2.85. The summed E-state index contributed by atoms with van der Waals surface area (Å²) in [6.45, 7) is 4.21. The second kappa shape index (κ2) is 7.24. The minimum absolute atomic E-state index is 0.0810. The van der Waals surface area contributed by atoms with E-state index in [9.17, 15) is 9.90 Å². The van der Waals surface area contributed by atoms with Gasteiger partial charge < -0.3 is 15.5 Å². The van der Waals surface area contributed by atoms with Crippen molar-refractivity contribution in [2.75, 3.05) is 13.1 Å². The molecule has 0 spiro atoms. The van der Waals surface area contributed by atoms with E-state index >= 15 is 0 Å². The van der Waals surface area contributed by atoms with Gasteiger partial charge >= 0.3 is 5.97 Å². The number of rotatable bonds is 2. The summed E-state index contributed by atoms with van der Waals surface area (Å²) < 4.78 is 0. The molecule has 5 nitrogen and oxygen atoms in total. The van der Waals surface area contributed by atoms with Gasteiger partial charge in [-0.25, -0.2) is 9.79 Å². The molecule has 0 aliphatic carbocycles. The van der Waals surface area contributed by atoms with Gasteiger partial charge in [-0.15, -0.1) is 5.75 Å². The fourth-order valence-electron chi connectivity index (χ4n) is 1.33. The van der Waals surface area contributed by atoms with Gasteiger partial charge in [-0.1, -0.05) is 24.3 Å². The van der Waals surface area contributed by atoms with Crippen LogP contribution in [0.3, 0.4) is 0 Å². The van der Waals surface area contributed by atoms with Crippen LogP contribution >= 0.6 is 0 Å². The van der Waals surface area contributed by atoms with Gasteiger partial charge in [-0.05, 0) is 11.6 Å². The first kappa shape index (κ1) is 13.9. The van der Waals surface area contributed by atoms with Gasteiger partial charge in [-0.2, -0.15) is 0 Å². The number of nitrogens with zero attached hydrogens (tertiary/aromatic N) is 1. The van der Waals surface area contributed by atoms with Crippen molar-refractivity contribution in [1.29, 1.82) is 0 Å². The molecule has 0 bridgehead atoms. The summed E-state index contributed by atoms with van der Waals surface area (Å²) in [7, 11) is 0. The van der Waals surface area contributed by atoms with Crippen LogP contribution in [0.1, 0.15) is 12.5 Å². The predicted molar refractivity (Wildman–Crippen MR) is 67.3 cm³/mol. The first-order valence-electron chi connectivity index (χ1n) is 5.60. The number of nitrogens with two attached hydrogens (primary N) is 1. The average Bonchev–Trinajstić information content (AvgIpc) is 2.80. The smallest absolute Gasteiger partial charge is 0.328 e. The fraction of sp³-hybridized carbons (Fsp3) is 0.231. The number of amidine groups is 1. The van der Waals surface area contributed by atoms with Crippen LogP contribution in [0.5, 0.6) is 5.75 Å². The molecular weight excluding hydrogens is 232 g/mol. The Labute approximate surface area is 105 Å². The van der Waals surface area contributed by atoms with Crippen molar-refractivity contribution in [1.82, 2.24) is 0 Å². The van der Waals surface area contributed by atoms with Gasteiger partial charge in [0.15, 0.2) is 5.84 Å². The van der Waals surface area contributed by atoms with E-state index in [0.29, 0.717) is 5.56 Å². The van der Waals surface area contributed by atoms with Crippen LogP contribution in [0, 0.1) is 0 Å². The molecule has 96 valence electrons. The zero-order valence-electron chi connectivity index (χ0n) is 10.2. The lowest BCUT2D eigenvalue weighted by atomic mass is 10.2. The van der Waals surface area contributed by atoms with Gasteiger partial charge in [-0.3, -0.25) is 0 Å². The number of hydrogen-bond acceptors (Lipinski definition) is 3. The summed E-state index contributed by atoms with van der Waals surface area (Å²) in [6, 6.07) is 5.92. The van der Waals surface area contributed by atoms with Crippen molar-refractivity contribution in [3.05, 3.63) is 35.9 Å². The van der Waals surface area contributed by atoms with Crippen LogP contribution in [0.2, 0.25) is 0 Å². The third-order valence-corrected chi connectivity index (χ3v) is 2.23. The van der Waals surface area contributed by atoms with E-state index in [2.05, 4.69) is 10.3 Å². The highest BCUT2D eigenvalue weighted by Gasteiger charge is 2.00. The molecule has 18 heavy (non-hydrogen) atoms. The van der Waals surface area contributed by atoms with E-state index in [1.807, 2.05) is 6.92 Å². The Hall–Kier alpha value is -2.14. The molecule has 1 aliphatic rings. The van der Waals surface area contributed by atoms with E-state index < -0.39 is 5.97 Å². The van der Waals surface area contributed by atoms with Gasteiger partial charge in [0, 0.05) is 13.0 Å². The van der Waals surface area contributed by atoms with Crippen molar-refractivity contribution in [3.8, 4) is 5.75 Å². The highest BCUT2D eigenvalue weighted by Crippen LogP contribution is 2.07. The topological polar surface area (TPSA) is 89.3 Å². The Bertz CT molecular complexity index is 450. The zero-order valence-corrected chi connectivity index (χ0v) is 10.2. The Morgan fingerprint density at radius 1 is 1.44 bits per heavy atom. The molecule has 3 N–H and O–H groups in total. The number of aliphatic carboxylic acids is 1. The number of aliphatic imine (C=N–C) groups is 1. The summed E-state index contributed by atoms with van der Waals surface area (Å²) in [5.41, 5.74) is 0.706. The van der Waals surface area contributed by atoms with Gasteiger partial charge in [0.1, 0.15) is 6.54 Å². The van der Waals surface area contributed by atoms with E-state index in [1.165, 1.54) is 24.0 Å². The quantitative estimate of drug-likeness (QED) is 0.713. The second-order valence-electron chi connectivity index (χ2n) is 3.76. The molecule has 0 atom stereocenters. The molecule has 0 saturated carbocycles. The first-order valence-corrected chi connectivity index (χ1v) is 5.60. The van der Waals surface area contributed by atoms with E-state index in [0.717, 1.165) is 19.2 Å². The van der Waals surface area contributed by atoms with Crippen LogP contribution in [-0.2, 0) is 4.79 Å². The van der Waals surface area contributed by atoms with Crippen LogP contribution in [0.15, 0.2) is 35.3 Å². The number of benzene rings is 1. The molecule has 5 heteroatoms. The standard InChI is InChI=1S/C9H8O3.C4H8N2/c10-8-4-1-7(2-5-8)3-6-9(11)12;1-4-5-2-3-6-4/h1-6,10H,(H,11,12);2-3H2,1H3,(H,5,6). The normalized spacial score (nSPS) is 13.9. The maximum absolute atomic E-state index is 10.6. The SMILES string of the molecule is CC1=NCC[NH2+]1.O=C(O)C=Cc1ccc([O-])cc1. The van der Waals surface area contributed by atoms with E-state index in [4.69, 9.17) is 5.11 Å². The maximum atomic E-state index is 10.6. The van der Waals surface area contributed by atoms with Gasteiger partial charge in [0.05, 0.1) is 6.54 Å². The minimum Gasteiger partial charge on any atom is -0.872 e. The first-order chi connectivity index (χ1) is 8.58. The molecule has 1 heterocycles. The van der Waals surface area contributed by atoms with Crippen molar-refractivity contribution in [3.63, 3.8) is 0 Å². The Morgan fingerprint density at radius 2 is 2.11 bits per heavy atom. The fourth-order valence-corrected chi connectivity index (χ4v) is 1.33. The molecule has 0 amide bonds. The predicted octanol–water partition coefficient (Wildman–Crippen LogP) is -0.160. The Morgan fingerprint density at radius 3 is 2.50 bits per heavy atom. The van der Waals surface area contributed by atoms with E-state index in [-0.39, 0.29) is 5.75 Å². The Balaban J connectivity index is 0.000000225. The summed E-state index contributed by atoms with van der Waals surface area (Å²) >= 11 is 0. The minimum atomic E-state index is -0.999. The number of hydrogen-bond donors (Lipinski definition) is 2. The molecule has 1 aliphatic heterocycles. The number of carboxylic acid groups (broad SMARTS) is 1. The molecule has 0 saturated heterocycles. The van der Waals surface area contributed by atoms with Crippen molar-refractivity contribution in [2.24, 2.45) is 4.99 Å². The number of carboxylic acids is 1. The highest BCUT2D eigenvalue weighted by molar-refractivity contribution is 5.85. The summed E-state index contributed by atoms with van der Waals surface area (Å²) in [5.74, 6) is 0.124. The third-order valence-electron chi connectivity index (χ3n) is 2.23. The maximum Gasteiger partial charge on any atom is 0.328 e. The molecule has 0 fully saturated rings. The van der Waals surface area contributed by atoms with Crippen LogP contribution in [-0.4, -0.2) is 30.0 Å².